The standard InChI is InChI=1S/C15H21N3O2/c1-3-18-14(16)17-9-15(18,2)7-6-11-4-5-12-13(8-11)20-10-19-12/h4-5,8H,3,6-7,9-10H2,1-2H3,(H2,16,17). The molecule has 0 saturated heterocycles. The van der Waals surface area contributed by atoms with Crippen LogP contribution in [0.4, 0.5) is 0 Å². The second kappa shape index (κ2) is 4.89. The molecule has 0 aliphatic carbocycles. The fourth-order valence-electron chi connectivity index (χ4n) is 2.97. The van der Waals surface area contributed by atoms with Crippen molar-refractivity contribution in [2.45, 2.75) is 32.2 Å². The molecule has 0 amide bonds. The zero-order chi connectivity index (χ0) is 14.2. The average molecular weight is 275 g/mol. The molecule has 108 valence electrons. The first-order chi connectivity index (χ1) is 9.62. The SMILES string of the molecule is CCN1C(N)=NCC1(C)CCc1ccc2c(c1)OCO2. The minimum Gasteiger partial charge on any atom is -0.454 e. The number of aryl methyl sites for hydroxylation is 1. The maximum absolute atomic E-state index is 5.95. The van der Waals surface area contributed by atoms with E-state index in [2.05, 4.69) is 35.9 Å². The van der Waals surface area contributed by atoms with E-state index >= 15 is 0 Å². The highest BCUT2D eigenvalue weighted by Crippen LogP contribution is 2.34. The lowest BCUT2D eigenvalue weighted by Crippen LogP contribution is -2.49. The second-order valence-corrected chi connectivity index (χ2v) is 5.60. The molecule has 1 unspecified atom stereocenters. The minimum absolute atomic E-state index is 0.0230. The van der Waals surface area contributed by atoms with Gasteiger partial charge in [-0.2, -0.15) is 0 Å². The van der Waals surface area contributed by atoms with Crippen LogP contribution in [0, 0.1) is 0 Å². The molecule has 0 fully saturated rings. The van der Waals surface area contributed by atoms with Gasteiger partial charge in [-0.1, -0.05) is 6.07 Å². The third kappa shape index (κ3) is 2.17. The Balaban J connectivity index is 1.68. The van der Waals surface area contributed by atoms with Crippen molar-refractivity contribution in [2.24, 2.45) is 10.7 Å². The van der Waals surface area contributed by atoms with Gasteiger partial charge in [0.15, 0.2) is 17.5 Å². The molecule has 0 saturated carbocycles. The normalized spacial score (nSPS) is 24.1. The molecule has 3 rings (SSSR count). The topological polar surface area (TPSA) is 60.1 Å². The van der Waals surface area contributed by atoms with Gasteiger partial charge >= 0.3 is 0 Å². The maximum atomic E-state index is 5.95. The van der Waals surface area contributed by atoms with Gasteiger partial charge < -0.3 is 20.1 Å². The van der Waals surface area contributed by atoms with Crippen molar-refractivity contribution >= 4 is 5.96 Å². The van der Waals surface area contributed by atoms with Gasteiger partial charge in [0.05, 0.1) is 12.1 Å². The lowest BCUT2D eigenvalue weighted by atomic mass is 9.92. The Morgan fingerprint density at radius 3 is 2.95 bits per heavy atom. The van der Waals surface area contributed by atoms with Crippen LogP contribution in [-0.2, 0) is 6.42 Å². The van der Waals surface area contributed by atoms with Crippen LogP contribution in [0.15, 0.2) is 23.2 Å². The molecule has 2 N–H and O–H groups in total. The van der Waals surface area contributed by atoms with E-state index < -0.39 is 0 Å². The molecule has 0 spiro atoms. The lowest BCUT2D eigenvalue weighted by Gasteiger charge is -2.35. The Morgan fingerprint density at radius 1 is 1.35 bits per heavy atom. The minimum atomic E-state index is 0.0230. The Bertz CT molecular complexity index is 544. The molecule has 2 heterocycles. The first-order valence-corrected chi connectivity index (χ1v) is 7.08. The first kappa shape index (κ1) is 13.1. The summed E-state index contributed by atoms with van der Waals surface area (Å²) in [6, 6.07) is 6.16. The number of aliphatic imine (C=N–C) groups is 1. The van der Waals surface area contributed by atoms with E-state index in [1.165, 1.54) is 5.56 Å². The van der Waals surface area contributed by atoms with Crippen molar-refractivity contribution in [3.63, 3.8) is 0 Å². The number of rotatable bonds is 4. The molecular formula is C15H21N3O2. The molecule has 1 aromatic rings. The zero-order valence-electron chi connectivity index (χ0n) is 12.1. The summed E-state index contributed by atoms with van der Waals surface area (Å²) in [6.07, 6.45) is 2.00. The van der Waals surface area contributed by atoms with Crippen molar-refractivity contribution < 1.29 is 9.47 Å². The molecule has 5 nitrogen and oxygen atoms in total. The van der Waals surface area contributed by atoms with Crippen LogP contribution < -0.4 is 15.2 Å². The van der Waals surface area contributed by atoms with Gasteiger partial charge in [-0.15, -0.1) is 0 Å². The molecule has 5 heteroatoms. The Hall–Kier alpha value is -1.91. The lowest BCUT2D eigenvalue weighted by molar-refractivity contribution is 0.174. The highest BCUT2D eigenvalue weighted by molar-refractivity contribution is 5.80. The number of likely N-dealkylation sites (N-methyl/N-ethyl adjacent to an activating group) is 1. The number of benzene rings is 1. The molecule has 2 aliphatic heterocycles. The van der Waals surface area contributed by atoms with Crippen molar-refractivity contribution in [1.29, 1.82) is 0 Å². The molecule has 0 bridgehead atoms. The monoisotopic (exact) mass is 275 g/mol. The van der Waals surface area contributed by atoms with Crippen molar-refractivity contribution in [3.8, 4) is 11.5 Å². The third-order valence-corrected chi connectivity index (χ3v) is 4.22. The molecular weight excluding hydrogens is 254 g/mol. The number of hydrogen-bond donors (Lipinski definition) is 1. The number of hydrogen-bond acceptors (Lipinski definition) is 5. The van der Waals surface area contributed by atoms with Crippen LogP contribution in [0.2, 0.25) is 0 Å². The summed E-state index contributed by atoms with van der Waals surface area (Å²) >= 11 is 0. The van der Waals surface area contributed by atoms with Crippen molar-refractivity contribution in [2.75, 3.05) is 19.9 Å². The number of ether oxygens (including phenoxy) is 2. The van der Waals surface area contributed by atoms with E-state index in [0.717, 1.165) is 37.4 Å². The van der Waals surface area contributed by atoms with E-state index in [1.54, 1.807) is 0 Å². The molecule has 1 aromatic carbocycles. The highest BCUT2D eigenvalue weighted by atomic mass is 16.7. The first-order valence-electron chi connectivity index (χ1n) is 7.08. The highest BCUT2D eigenvalue weighted by Gasteiger charge is 2.36. The van der Waals surface area contributed by atoms with E-state index in [1.807, 2.05) is 6.07 Å². The van der Waals surface area contributed by atoms with E-state index in [9.17, 15) is 0 Å². The van der Waals surface area contributed by atoms with Crippen LogP contribution in [0.5, 0.6) is 11.5 Å². The van der Waals surface area contributed by atoms with Gasteiger partial charge in [-0.25, -0.2) is 0 Å². The predicted molar refractivity (Wildman–Crippen MR) is 78.2 cm³/mol. The number of guanidine groups is 1. The van der Waals surface area contributed by atoms with Gasteiger partial charge in [0.1, 0.15) is 0 Å². The van der Waals surface area contributed by atoms with Gasteiger partial charge in [0, 0.05) is 6.54 Å². The summed E-state index contributed by atoms with van der Waals surface area (Å²) in [7, 11) is 0. The smallest absolute Gasteiger partial charge is 0.231 e. The predicted octanol–water partition coefficient (Wildman–Crippen LogP) is 1.76. The van der Waals surface area contributed by atoms with Crippen LogP contribution in [0.3, 0.4) is 0 Å². The van der Waals surface area contributed by atoms with Crippen LogP contribution in [-0.4, -0.2) is 36.3 Å². The Kier molecular flexibility index (Phi) is 3.20. The molecule has 0 aromatic heterocycles. The zero-order valence-corrected chi connectivity index (χ0v) is 12.1. The Morgan fingerprint density at radius 2 is 2.15 bits per heavy atom. The summed E-state index contributed by atoms with van der Waals surface area (Å²) in [5.74, 6) is 2.35. The summed E-state index contributed by atoms with van der Waals surface area (Å²) in [5, 5.41) is 0. The van der Waals surface area contributed by atoms with Gasteiger partial charge in [0.2, 0.25) is 6.79 Å². The van der Waals surface area contributed by atoms with E-state index in [0.29, 0.717) is 12.8 Å². The second-order valence-electron chi connectivity index (χ2n) is 5.60. The fourth-order valence-corrected chi connectivity index (χ4v) is 2.97. The van der Waals surface area contributed by atoms with Crippen LogP contribution in [0.1, 0.15) is 25.8 Å². The molecule has 2 aliphatic rings. The van der Waals surface area contributed by atoms with Gasteiger partial charge in [-0.05, 0) is 44.4 Å². The summed E-state index contributed by atoms with van der Waals surface area (Å²) in [4.78, 5) is 6.58. The molecule has 20 heavy (non-hydrogen) atoms. The maximum Gasteiger partial charge on any atom is 0.231 e. The van der Waals surface area contributed by atoms with E-state index in [4.69, 9.17) is 15.2 Å². The summed E-state index contributed by atoms with van der Waals surface area (Å²) in [5.41, 5.74) is 7.23. The van der Waals surface area contributed by atoms with Crippen LogP contribution >= 0.6 is 0 Å². The average Bonchev–Trinajstić information content (AvgIpc) is 3.01. The van der Waals surface area contributed by atoms with Crippen molar-refractivity contribution in [3.05, 3.63) is 23.8 Å². The summed E-state index contributed by atoms with van der Waals surface area (Å²) < 4.78 is 10.8. The molecule has 1 atom stereocenters. The Labute approximate surface area is 119 Å². The van der Waals surface area contributed by atoms with Crippen molar-refractivity contribution in [1.82, 2.24) is 4.90 Å². The number of nitrogens with zero attached hydrogens (tertiary/aromatic N) is 2. The number of nitrogens with two attached hydrogens (primary N) is 1. The third-order valence-electron chi connectivity index (χ3n) is 4.22. The number of fused-ring (bicyclic) bond motifs is 1. The summed E-state index contributed by atoms with van der Waals surface area (Å²) in [6.45, 7) is 6.34. The van der Waals surface area contributed by atoms with E-state index in [-0.39, 0.29) is 5.54 Å². The van der Waals surface area contributed by atoms with Crippen LogP contribution in [0.25, 0.3) is 0 Å². The quantitative estimate of drug-likeness (QED) is 0.909. The fraction of sp³-hybridized carbons (Fsp3) is 0.533. The molecule has 0 radical (unpaired) electrons. The van der Waals surface area contributed by atoms with Gasteiger partial charge in [-0.3, -0.25) is 4.99 Å². The van der Waals surface area contributed by atoms with Gasteiger partial charge in [0.25, 0.3) is 0 Å². The largest absolute Gasteiger partial charge is 0.454 e.